The summed E-state index contributed by atoms with van der Waals surface area (Å²) < 4.78 is 10.9. The summed E-state index contributed by atoms with van der Waals surface area (Å²) in [5.74, 6) is 2.62. The van der Waals surface area contributed by atoms with E-state index < -0.39 is 0 Å². The molecule has 0 saturated carbocycles. The zero-order valence-corrected chi connectivity index (χ0v) is 18.4. The highest BCUT2D eigenvalue weighted by Crippen LogP contribution is 2.35. The highest BCUT2D eigenvalue weighted by Gasteiger charge is 2.18. The molecule has 8 heteroatoms. The molecule has 3 aromatic rings. The Morgan fingerprint density at radius 2 is 1.84 bits per heavy atom. The van der Waals surface area contributed by atoms with E-state index in [4.69, 9.17) is 26.1 Å². The molecule has 7 nitrogen and oxygen atoms in total. The number of anilines is 3. The van der Waals surface area contributed by atoms with Gasteiger partial charge >= 0.3 is 0 Å². The minimum atomic E-state index is 0.342. The second-order valence-corrected chi connectivity index (χ2v) is 7.77. The fourth-order valence-electron chi connectivity index (χ4n) is 3.62. The van der Waals surface area contributed by atoms with Crippen LogP contribution in [0.4, 0.5) is 17.5 Å². The fraction of sp³-hybridized carbons (Fsp3) is 0.304. The van der Waals surface area contributed by atoms with Gasteiger partial charge in [-0.15, -0.1) is 0 Å². The van der Waals surface area contributed by atoms with Gasteiger partial charge in [0.25, 0.3) is 0 Å². The van der Waals surface area contributed by atoms with Crippen LogP contribution in [0.15, 0.2) is 48.7 Å². The largest absolute Gasteiger partial charge is 0.493 e. The monoisotopic (exact) mass is 439 g/mol. The number of piperidine rings is 1. The molecule has 1 aliphatic heterocycles. The van der Waals surface area contributed by atoms with Crippen LogP contribution in [0.3, 0.4) is 0 Å². The van der Waals surface area contributed by atoms with Crippen molar-refractivity contribution in [2.75, 3.05) is 37.9 Å². The van der Waals surface area contributed by atoms with Gasteiger partial charge in [0.1, 0.15) is 5.82 Å². The Labute approximate surface area is 187 Å². The lowest BCUT2D eigenvalue weighted by atomic mass is 10.0. The molecule has 0 radical (unpaired) electrons. The maximum atomic E-state index is 6.11. The van der Waals surface area contributed by atoms with Gasteiger partial charge in [0, 0.05) is 28.5 Å². The number of benzene rings is 2. The second-order valence-electron chi connectivity index (χ2n) is 7.33. The molecule has 1 fully saturated rings. The van der Waals surface area contributed by atoms with E-state index in [1.165, 1.54) is 0 Å². The van der Waals surface area contributed by atoms with Crippen molar-refractivity contribution in [1.29, 1.82) is 0 Å². The zero-order valence-electron chi connectivity index (χ0n) is 17.6. The molecule has 31 heavy (non-hydrogen) atoms. The fourth-order valence-corrected chi connectivity index (χ4v) is 3.81. The van der Waals surface area contributed by atoms with E-state index >= 15 is 0 Å². The van der Waals surface area contributed by atoms with E-state index in [0.717, 1.165) is 48.6 Å². The molecular formula is C23H26ClN5O2. The van der Waals surface area contributed by atoms with Crippen molar-refractivity contribution in [2.45, 2.75) is 18.9 Å². The number of rotatable bonds is 7. The summed E-state index contributed by atoms with van der Waals surface area (Å²) in [5, 5.41) is 10.9. The number of hydrogen-bond acceptors (Lipinski definition) is 7. The molecule has 2 heterocycles. The third-order valence-corrected chi connectivity index (χ3v) is 5.48. The van der Waals surface area contributed by atoms with Crippen LogP contribution in [0.2, 0.25) is 5.02 Å². The summed E-state index contributed by atoms with van der Waals surface area (Å²) in [4.78, 5) is 9.34. The Kier molecular flexibility index (Phi) is 6.74. The van der Waals surface area contributed by atoms with Crippen LogP contribution in [0, 0.1) is 0 Å². The summed E-state index contributed by atoms with van der Waals surface area (Å²) in [5.41, 5.74) is 2.68. The molecule has 1 saturated heterocycles. The lowest BCUT2D eigenvalue weighted by molar-refractivity contribution is 0.355. The number of nitrogens with one attached hydrogen (secondary N) is 3. The van der Waals surface area contributed by atoms with Gasteiger partial charge in [-0.3, -0.25) is 0 Å². The summed E-state index contributed by atoms with van der Waals surface area (Å²) in [7, 11) is 3.26. The van der Waals surface area contributed by atoms with E-state index in [9.17, 15) is 0 Å². The van der Waals surface area contributed by atoms with Gasteiger partial charge in [-0.05, 0) is 61.8 Å². The Hall–Kier alpha value is -3.03. The van der Waals surface area contributed by atoms with Crippen LogP contribution >= 0.6 is 11.6 Å². The summed E-state index contributed by atoms with van der Waals surface area (Å²) in [6.45, 7) is 1.98. The van der Waals surface area contributed by atoms with Crippen LogP contribution < -0.4 is 25.4 Å². The van der Waals surface area contributed by atoms with Gasteiger partial charge in [-0.25, -0.2) is 4.98 Å². The van der Waals surface area contributed by atoms with E-state index in [1.807, 2.05) is 48.7 Å². The number of nitrogens with zero attached hydrogens (tertiary/aromatic N) is 2. The van der Waals surface area contributed by atoms with Crippen molar-refractivity contribution in [3.63, 3.8) is 0 Å². The average molecular weight is 440 g/mol. The molecule has 162 valence electrons. The first kappa shape index (κ1) is 21.2. The standard InChI is InChI=1S/C23H26ClN5O2/c1-30-20-7-6-15(12-21(20)31-2)19-14-26-23(28-18-5-3-4-16(24)13-18)29-22(19)27-17-8-10-25-11-9-17/h3-7,12-14,17,25H,8-11H2,1-2H3,(H2,26,27,28,29). The van der Waals surface area contributed by atoms with Crippen LogP contribution in [-0.2, 0) is 0 Å². The van der Waals surface area contributed by atoms with E-state index in [-0.39, 0.29) is 0 Å². The minimum Gasteiger partial charge on any atom is -0.493 e. The summed E-state index contributed by atoms with van der Waals surface area (Å²) in [6, 6.07) is 13.6. The van der Waals surface area contributed by atoms with E-state index in [0.29, 0.717) is 28.5 Å². The summed E-state index contributed by atoms with van der Waals surface area (Å²) >= 11 is 6.11. The normalized spacial score (nSPS) is 14.2. The minimum absolute atomic E-state index is 0.342. The van der Waals surface area contributed by atoms with Crippen molar-refractivity contribution in [3.05, 3.63) is 53.7 Å². The van der Waals surface area contributed by atoms with Gasteiger partial charge in [-0.2, -0.15) is 4.98 Å². The predicted molar refractivity (Wildman–Crippen MR) is 125 cm³/mol. The molecule has 0 unspecified atom stereocenters. The van der Waals surface area contributed by atoms with Crippen molar-refractivity contribution in [3.8, 4) is 22.6 Å². The lowest BCUT2D eigenvalue weighted by Gasteiger charge is -2.25. The highest BCUT2D eigenvalue weighted by atomic mass is 35.5. The number of methoxy groups -OCH3 is 2. The maximum Gasteiger partial charge on any atom is 0.229 e. The van der Waals surface area contributed by atoms with Crippen LogP contribution in [0.1, 0.15) is 12.8 Å². The van der Waals surface area contributed by atoms with Crippen LogP contribution in [0.5, 0.6) is 11.5 Å². The number of ether oxygens (including phenoxy) is 2. The van der Waals surface area contributed by atoms with Crippen molar-refractivity contribution in [1.82, 2.24) is 15.3 Å². The Morgan fingerprint density at radius 1 is 1.03 bits per heavy atom. The number of aromatic nitrogens is 2. The maximum absolute atomic E-state index is 6.11. The molecule has 0 aliphatic carbocycles. The van der Waals surface area contributed by atoms with Gasteiger partial charge in [-0.1, -0.05) is 23.7 Å². The molecule has 3 N–H and O–H groups in total. The Bertz CT molecular complexity index is 1040. The van der Waals surface area contributed by atoms with Crippen molar-refractivity contribution < 1.29 is 9.47 Å². The van der Waals surface area contributed by atoms with Crippen LogP contribution in [0.25, 0.3) is 11.1 Å². The predicted octanol–water partition coefficient (Wildman–Crippen LogP) is 4.72. The number of halogens is 1. The SMILES string of the molecule is COc1ccc(-c2cnc(Nc3cccc(Cl)c3)nc2NC2CCNCC2)cc1OC. The lowest BCUT2D eigenvalue weighted by Crippen LogP contribution is -2.35. The van der Waals surface area contributed by atoms with Gasteiger partial charge in [0.05, 0.1) is 14.2 Å². The molecule has 0 bridgehead atoms. The molecular weight excluding hydrogens is 414 g/mol. The number of hydrogen-bond donors (Lipinski definition) is 3. The molecule has 0 amide bonds. The zero-order chi connectivity index (χ0) is 21.6. The molecule has 4 rings (SSSR count). The molecule has 1 aromatic heterocycles. The average Bonchev–Trinajstić information content (AvgIpc) is 2.79. The van der Waals surface area contributed by atoms with Gasteiger partial charge in [0.2, 0.25) is 5.95 Å². The smallest absolute Gasteiger partial charge is 0.229 e. The van der Waals surface area contributed by atoms with E-state index in [2.05, 4.69) is 20.9 Å². The van der Waals surface area contributed by atoms with E-state index in [1.54, 1.807) is 14.2 Å². The highest BCUT2D eigenvalue weighted by molar-refractivity contribution is 6.30. The first-order valence-electron chi connectivity index (χ1n) is 10.3. The summed E-state index contributed by atoms with van der Waals surface area (Å²) in [6.07, 6.45) is 3.89. The second kappa shape index (κ2) is 9.85. The molecule has 1 aliphatic rings. The van der Waals surface area contributed by atoms with Gasteiger partial charge < -0.3 is 25.4 Å². The molecule has 0 atom stereocenters. The molecule has 2 aromatic carbocycles. The Morgan fingerprint density at radius 3 is 2.58 bits per heavy atom. The molecule has 0 spiro atoms. The topological polar surface area (TPSA) is 80.3 Å². The van der Waals surface area contributed by atoms with Crippen molar-refractivity contribution >= 4 is 29.1 Å². The van der Waals surface area contributed by atoms with Crippen LogP contribution in [-0.4, -0.2) is 43.3 Å². The Balaban J connectivity index is 1.69. The van der Waals surface area contributed by atoms with Gasteiger partial charge in [0.15, 0.2) is 11.5 Å². The third-order valence-electron chi connectivity index (χ3n) is 5.24. The first-order chi connectivity index (χ1) is 15.2. The quantitative estimate of drug-likeness (QED) is 0.491. The first-order valence-corrected chi connectivity index (χ1v) is 10.6. The van der Waals surface area contributed by atoms with Crippen molar-refractivity contribution in [2.24, 2.45) is 0 Å². The third kappa shape index (κ3) is 5.18.